The molecular formula is C11H10N2O2S2. The van der Waals surface area contributed by atoms with Gasteiger partial charge in [-0.2, -0.15) is 0 Å². The Kier molecular flexibility index (Phi) is 3.01. The minimum Gasteiger partial charge on any atom is -0.265 e. The maximum Gasteiger partial charge on any atom is 0.269 e. The first-order valence-corrected chi connectivity index (χ1v) is 6.19. The molecule has 17 heavy (non-hydrogen) atoms. The monoisotopic (exact) mass is 266 g/mol. The molecule has 0 radical (unpaired) electrons. The number of hydrogen-bond donors (Lipinski definition) is 0. The second-order valence-electron chi connectivity index (χ2n) is 4.17. The Hall–Kier alpha value is -1.27. The van der Waals surface area contributed by atoms with E-state index < -0.39 is 4.92 Å². The maximum absolute atomic E-state index is 10.5. The molecule has 0 fully saturated rings. The van der Waals surface area contributed by atoms with Crippen LogP contribution in [0, 0.1) is 10.1 Å². The third kappa shape index (κ3) is 2.37. The number of thiocarbonyl (C=S) groups is 1. The van der Waals surface area contributed by atoms with E-state index in [1.807, 2.05) is 13.8 Å². The molecule has 0 aromatic heterocycles. The predicted molar refractivity (Wildman–Crippen MR) is 73.9 cm³/mol. The molecule has 0 bridgehead atoms. The van der Waals surface area contributed by atoms with Gasteiger partial charge in [0.25, 0.3) is 5.69 Å². The first-order chi connectivity index (χ1) is 7.90. The van der Waals surface area contributed by atoms with E-state index in [4.69, 9.17) is 12.2 Å². The molecule has 1 heterocycles. The summed E-state index contributed by atoms with van der Waals surface area (Å²) in [7, 11) is 0. The van der Waals surface area contributed by atoms with E-state index in [0.29, 0.717) is 0 Å². The number of nitro groups is 1. The molecule has 88 valence electrons. The van der Waals surface area contributed by atoms with Crippen LogP contribution in [0.15, 0.2) is 29.3 Å². The topological polar surface area (TPSA) is 55.5 Å². The van der Waals surface area contributed by atoms with Crippen molar-refractivity contribution in [2.24, 2.45) is 4.99 Å². The lowest BCUT2D eigenvalue weighted by atomic mass is 10.1. The minimum atomic E-state index is -0.415. The van der Waals surface area contributed by atoms with Crippen molar-refractivity contribution in [3.63, 3.8) is 0 Å². The van der Waals surface area contributed by atoms with Gasteiger partial charge in [-0.25, -0.2) is 0 Å². The summed E-state index contributed by atoms with van der Waals surface area (Å²) in [5.41, 5.74) is 0.615. The molecule has 1 aliphatic heterocycles. The number of nitro benzene ring substituents is 1. The zero-order valence-electron chi connectivity index (χ0n) is 9.34. The summed E-state index contributed by atoms with van der Waals surface area (Å²) in [5.74, 6) is 0. The van der Waals surface area contributed by atoms with Crippen LogP contribution < -0.4 is 0 Å². The zero-order chi connectivity index (χ0) is 12.6. The molecule has 0 unspecified atom stereocenters. The van der Waals surface area contributed by atoms with Crippen LogP contribution in [0.5, 0.6) is 0 Å². The third-order valence-corrected chi connectivity index (χ3v) is 4.35. The number of benzene rings is 1. The summed E-state index contributed by atoms with van der Waals surface area (Å²) in [5, 5.41) is 11.4. The highest BCUT2D eigenvalue weighted by Gasteiger charge is 2.32. The van der Waals surface area contributed by atoms with Crippen LogP contribution >= 0.6 is 24.0 Å². The van der Waals surface area contributed by atoms with Crippen molar-refractivity contribution >= 4 is 38.9 Å². The largest absolute Gasteiger partial charge is 0.269 e. The molecule has 6 heteroatoms. The van der Waals surface area contributed by atoms with Gasteiger partial charge in [-0.3, -0.25) is 15.1 Å². The molecule has 0 saturated heterocycles. The predicted octanol–water partition coefficient (Wildman–Crippen LogP) is 3.19. The van der Waals surface area contributed by atoms with Crippen molar-refractivity contribution in [2.45, 2.75) is 19.4 Å². The molecular weight excluding hydrogens is 256 g/mol. The van der Waals surface area contributed by atoms with E-state index in [-0.39, 0.29) is 11.2 Å². The van der Waals surface area contributed by atoms with Crippen LogP contribution in [0.25, 0.3) is 0 Å². The van der Waals surface area contributed by atoms with Gasteiger partial charge in [0, 0.05) is 17.7 Å². The van der Waals surface area contributed by atoms with E-state index in [9.17, 15) is 10.1 Å². The fraction of sp³-hybridized carbons (Fsp3) is 0.273. The number of nitrogens with zero attached hydrogens (tertiary/aromatic N) is 2. The fourth-order valence-electron chi connectivity index (χ4n) is 1.38. The van der Waals surface area contributed by atoms with Gasteiger partial charge in [-0.05, 0) is 26.0 Å². The smallest absolute Gasteiger partial charge is 0.265 e. The number of hydrogen-bond acceptors (Lipinski definition) is 5. The van der Waals surface area contributed by atoms with Gasteiger partial charge in [0.15, 0.2) is 0 Å². The molecule has 0 amide bonds. The fourth-order valence-corrected chi connectivity index (χ4v) is 2.67. The van der Waals surface area contributed by atoms with Crippen LogP contribution in [-0.2, 0) is 0 Å². The van der Waals surface area contributed by atoms with E-state index in [1.165, 1.54) is 23.9 Å². The van der Waals surface area contributed by atoms with Crippen molar-refractivity contribution in [2.75, 3.05) is 0 Å². The summed E-state index contributed by atoms with van der Waals surface area (Å²) in [6.07, 6.45) is 0. The number of non-ortho nitro benzene ring substituents is 1. The second kappa shape index (κ2) is 4.19. The van der Waals surface area contributed by atoms with E-state index in [1.54, 1.807) is 12.1 Å². The quantitative estimate of drug-likeness (QED) is 0.468. The standard InChI is InChI=1S/C11H10N2O2S2/c1-11(2)10(16)17-9(12-11)7-3-5-8(6-4-7)13(14)15/h3-6H,1-2H3. The average molecular weight is 266 g/mol. The van der Waals surface area contributed by atoms with Gasteiger partial charge in [0.1, 0.15) is 5.04 Å². The summed E-state index contributed by atoms with van der Waals surface area (Å²) in [6.45, 7) is 3.92. The highest BCUT2D eigenvalue weighted by atomic mass is 32.2. The first-order valence-electron chi connectivity index (χ1n) is 4.97. The van der Waals surface area contributed by atoms with E-state index in [0.717, 1.165) is 14.8 Å². The normalized spacial score (nSPS) is 18.0. The summed E-state index contributed by atoms with van der Waals surface area (Å²) >= 11 is 6.69. The highest BCUT2D eigenvalue weighted by molar-refractivity contribution is 8.34. The van der Waals surface area contributed by atoms with Crippen molar-refractivity contribution in [3.05, 3.63) is 39.9 Å². The Bertz CT molecular complexity index is 521. The molecule has 0 atom stereocenters. The number of thioether (sulfide) groups is 1. The van der Waals surface area contributed by atoms with E-state index >= 15 is 0 Å². The SMILES string of the molecule is CC1(C)N=C(c2ccc([N+](=O)[O-])cc2)SC1=S. The lowest BCUT2D eigenvalue weighted by molar-refractivity contribution is -0.384. The molecule has 2 rings (SSSR count). The molecule has 1 aliphatic rings. The molecule has 1 aromatic carbocycles. The van der Waals surface area contributed by atoms with Gasteiger partial charge >= 0.3 is 0 Å². The van der Waals surface area contributed by atoms with Crippen LogP contribution in [0.3, 0.4) is 0 Å². The van der Waals surface area contributed by atoms with Crippen LogP contribution in [0.1, 0.15) is 19.4 Å². The van der Waals surface area contributed by atoms with E-state index in [2.05, 4.69) is 4.99 Å². The Balaban J connectivity index is 2.31. The van der Waals surface area contributed by atoms with Crippen molar-refractivity contribution in [1.29, 1.82) is 0 Å². The molecule has 0 spiro atoms. The zero-order valence-corrected chi connectivity index (χ0v) is 11.0. The van der Waals surface area contributed by atoms with Crippen molar-refractivity contribution < 1.29 is 4.92 Å². The Labute approximate surface area is 108 Å². The Morgan fingerprint density at radius 1 is 1.35 bits per heavy atom. The lowest BCUT2D eigenvalue weighted by Crippen LogP contribution is -2.20. The molecule has 1 aromatic rings. The maximum atomic E-state index is 10.5. The Morgan fingerprint density at radius 3 is 2.35 bits per heavy atom. The molecule has 0 saturated carbocycles. The van der Waals surface area contributed by atoms with Crippen LogP contribution in [0.4, 0.5) is 5.69 Å². The molecule has 0 N–H and O–H groups in total. The highest BCUT2D eigenvalue weighted by Crippen LogP contribution is 2.33. The Morgan fingerprint density at radius 2 is 1.94 bits per heavy atom. The second-order valence-corrected chi connectivity index (χ2v) is 5.84. The lowest BCUT2D eigenvalue weighted by Gasteiger charge is -2.10. The van der Waals surface area contributed by atoms with Crippen LogP contribution in [0.2, 0.25) is 0 Å². The van der Waals surface area contributed by atoms with Crippen molar-refractivity contribution in [1.82, 2.24) is 0 Å². The van der Waals surface area contributed by atoms with Crippen LogP contribution in [-0.4, -0.2) is 19.7 Å². The number of rotatable bonds is 2. The molecule has 0 aliphatic carbocycles. The van der Waals surface area contributed by atoms with Crippen molar-refractivity contribution in [3.8, 4) is 0 Å². The minimum absolute atomic E-state index is 0.0826. The summed E-state index contributed by atoms with van der Waals surface area (Å²) in [6, 6.07) is 6.36. The summed E-state index contributed by atoms with van der Waals surface area (Å²) in [4.78, 5) is 14.6. The number of aliphatic imine (C=N–C) groups is 1. The molecule has 4 nitrogen and oxygen atoms in total. The summed E-state index contributed by atoms with van der Waals surface area (Å²) < 4.78 is 0.825. The van der Waals surface area contributed by atoms with Gasteiger partial charge in [-0.1, -0.05) is 24.0 Å². The average Bonchev–Trinajstić information content (AvgIpc) is 2.54. The van der Waals surface area contributed by atoms with Gasteiger partial charge in [0.2, 0.25) is 0 Å². The third-order valence-electron chi connectivity index (χ3n) is 2.40. The van der Waals surface area contributed by atoms with Gasteiger partial charge in [0.05, 0.1) is 14.7 Å². The van der Waals surface area contributed by atoms with Gasteiger partial charge in [-0.15, -0.1) is 0 Å². The van der Waals surface area contributed by atoms with Gasteiger partial charge < -0.3 is 0 Å². The first kappa shape index (κ1) is 12.2.